The Morgan fingerprint density at radius 3 is 1.34 bits per heavy atom. The molecule has 0 aromatic carbocycles. The average Bonchev–Trinajstić information content (AvgIpc) is 3.28. The van der Waals surface area contributed by atoms with Gasteiger partial charge in [-0.1, -0.05) is 182 Å². The summed E-state index contributed by atoms with van der Waals surface area (Å²) in [7, 11) is -5.04. The molecule has 0 saturated heterocycles. The first-order valence-electron chi connectivity index (χ1n) is 24.4. The number of carbonyl (C=O) groups is 1. The number of allylic oxidation sites excluding steroid dienone is 14. The highest BCUT2D eigenvalue weighted by molar-refractivity contribution is 7.47. The van der Waals surface area contributed by atoms with Crippen LogP contribution in [0.25, 0.3) is 0 Å². The molecule has 1 aliphatic rings. The van der Waals surface area contributed by atoms with E-state index in [-0.39, 0.29) is 13.0 Å². The Morgan fingerprint density at radius 2 is 0.906 bits per heavy atom. The Balaban J connectivity index is 2.42. The second-order valence-corrected chi connectivity index (χ2v) is 18.0. The summed E-state index contributed by atoms with van der Waals surface area (Å²) in [6.07, 6.45) is 42.3. The quantitative estimate of drug-likeness (QED) is 0.0148. The first kappa shape index (κ1) is 59.5. The Labute approximate surface area is 386 Å². The van der Waals surface area contributed by atoms with Crippen LogP contribution in [0.15, 0.2) is 85.1 Å². The molecule has 13 heteroatoms. The summed E-state index contributed by atoms with van der Waals surface area (Å²) in [6.45, 7) is 4.08. The summed E-state index contributed by atoms with van der Waals surface area (Å²) in [4.78, 5) is 23.2. The third kappa shape index (κ3) is 32.2. The van der Waals surface area contributed by atoms with Gasteiger partial charge in [-0.25, -0.2) is 4.57 Å². The fourth-order valence-electron chi connectivity index (χ4n) is 6.93. The molecule has 0 heterocycles. The standard InChI is InChI=1S/C51H87O12P/c1-3-5-7-9-11-13-15-17-19-20-21-22-23-24-25-26-27-28-30-32-34-36-38-40-45(52)62-44(42-60-41-39-37-35-33-31-29-18-16-14-12-10-8-6-4-2)43-61-64(58,59)63-51-49(56)47(54)46(53)48(55)50(51)57/h5,7,11,13,17,19,21-22,24-25,27-28,32,34,44,46-51,53-57H,3-4,6,8-10,12,14-16,18,20,23,26,29-31,33,35-43H2,1-2H3,(H,58,59)/b7-5-,13-11-,19-17-,22-21-,25-24-,28-27-,34-32-. The van der Waals surface area contributed by atoms with Gasteiger partial charge in [0.1, 0.15) is 42.7 Å². The molecule has 0 aromatic heterocycles. The van der Waals surface area contributed by atoms with Crippen molar-refractivity contribution in [3.63, 3.8) is 0 Å². The molecule has 0 aliphatic heterocycles. The van der Waals surface area contributed by atoms with Gasteiger partial charge in [0.2, 0.25) is 0 Å². The molecule has 64 heavy (non-hydrogen) atoms. The third-order valence-corrected chi connectivity index (χ3v) is 11.8. The molecule has 6 N–H and O–H groups in total. The van der Waals surface area contributed by atoms with Crippen molar-refractivity contribution in [2.24, 2.45) is 0 Å². The van der Waals surface area contributed by atoms with Crippen molar-refractivity contribution in [2.45, 2.75) is 211 Å². The van der Waals surface area contributed by atoms with E-state index in [4.69, 9.17) is 18.5 Å². The zero-order valence-electron chi connectivity index (χ0n) is 39.3. The smallest absolute Gasteiger partial charge is 0.457 e. The molecule has 6 atom stereocenters. The lowest BCUT2D eigenvalue weighted by Crippen LogP contribution is -2.64. The number of phosphoric ester groups is 1. The second-order valence-electron chi connectivity index (χ2n) is 16.6. The number of unbranched alkanes of at least 4 members (excludes halogenated alkanes) is 14. The van der Waals surface area contributed by atoms with E-state index in [0.717, 1.165) is 64.2 Å². The summed E-state index contributed by atoms with van der Waals surface area (Å²) in [5.74, 6) is -0.536. The molecule has 12 nitrogen and oxygen atoms in total. The average molecular weight is 923 g/mol. The summed E-state index contributed by atoms with van der Waals surface area (Å²) < 4.78 is 34.2. The lowest BCUT2D eigenvalue weighted by atomic mass is 9.85. The predicted molar refractivity (Wildman–Crippen MR) is 258 cm³/mol. The van der Waals surface area contributed by atoms with Gasteiger partial charge in [-0.2, -0.15) is 0 Å². The van der Waals surface area contributed by atoms with Gasteiger partial charge in [0, 0.05) is 13.0 Å². The minimum absolute atomic E-state index is 0.103. The molecule has 0 aromatic rings. The molecule has 6 unspecified atom stereocenters. The minimum Gasteiger partial charge on any atom is -0.457 e. The molecule has 0 radical (unpaired) electrons. The third-order valence-electron chi connectivity index (χ3n) is 10.8. The number of hydrogen-bond acceptors (Lipinski definition) is 11. The van der Waals surface area contributed by atoms with Gasteiger partial charge < -0.3 is 39.9 Å². The highest BCUT2D eigenvalue weighted by Gasteiger charge is 2.51. The van der Waals surface area contributed by atoms with Crippen LogP contribution in [-0.4, -0.2) is 98.9 Å². The number of phosphoric acid groups is 1. The van der Waals surface area contributed by atoms with Crippen LogP contribution in [0.2, 0.25) is 0 Å². The van der Waals surface area contributed by atoms with E-state index in [2.05, 4.69) is 86.8 Å². The van der Waals surface area contributed by atoms with E-state index in [9.17, 15) is 39.8 Å². The van der Waals surface area contributed by atoms with Gasteiger partial charge in [-0.05, 0) is 64.2 Å². The fraction of sp³-hybridized carbons (Fsp3) is 0.706. The normalized spacial score (nSPS) is 22.4. The second kappa shape index (κ2) is 40.8. The summed E-state index contributed by atoms with van der Waals surface area (Å²) in [6, 6.07) is 0. The van der Waals surface area contributed by atoms with Gasteiger partial charge in [-0.3, -0.25) is 13.8 Å². The SMILES string of the molecule is CC/C=C\C/C=C\C/C=C\C/C=C\C/C=C\C/C=C\C/C=C\CCCC(=O)OC(COCCCCCCCCCCCCCCCC)COP(=O)(O)OC1C(O)C(O)C(O)C(O)C1O. The van der Waals surface area contributed by atoms with E-state index in [1.807, 2.05) is 12.2 Å². The zero-order valence-corrected chi connectivity index (χ0v) is 40.2. The molecule has 0 bridgehead atoms. The number of rotatable bonds is 40. The Morgan fingerprint density at radius 1 is 0.516 bits per heavy atom. The highest BCUT2D eigenvalue weighted by Crippen LogP contribution is 2.47. The number of esters is 1. The lowest BCUT2D eigenvalue weighted by molar-refractivity contribution is -0.220. The minimum atomic E-state index is -5.04. The van der Waals surface area contributed by atoms with E-state index < -0.39 is 63.1 Å². The van der Waals surface area contributed by atoms with E-state index in [1.165, 1.54) is 70.6 Å². The molecular formula is C51H87O12P. The predicted octanol–water partition coefficient (Wildman–Crippen LogP) is 10.5. The molecule has 0 amide bonds. The van der Waals surface area contributed by atoms with Gasteiger partial charge in [0.05, 0.1) is 13.2 Å². The summed E-state index contributed by atoms with van der Waals surface area (Å²) in [5.41, 5.74) is 0. The Hall–Kier alpha value is -2.48. The molecule has 1 fully saturated rings. The van der Waals surface area contributed by atoms with Gasteiger partial charge in [0.25, 0.3) is 0 Å². The molecule has 368 valence electrons. The van der Waals surface area contributed by atoms with Crippen molar-refractivity contribution in [1.82, 2.24) is 0 Å². The maximum absolute atomic E-state index is 12.8. The first-order chi connectivity index (χ1) is 31.0. The van der Waals surface area contributed by atoms with Crippen molar-refractivity contribution in [1.29, 1.82) is 0 Å². The first-order valence-corrected chi connectivity index (χ1v) is 25.9. The van der Waals surface area contributed by atoms with E-state index >= 15 is 0 Å². The van der Waals surface area contributed by atoms with Crippen LogP contribution in [-0.2, 0) is 27.9 Å². The molecule has 1 aliphatic carbocycles. The van der Waals surface area contributed by atoms with Crippen LogP contribution in [0, 0.1) is 0 Å². The number of carbonyl (C=O) groups excluding carboxylic acids is 1. The molecule has 1 rings (SSSR count). The van der Waals surface area contributed by atoms with Gasteiger partial charge in [-0.15, -0.1) is 0 Å². The van der Waals surface area contributed by atoms with Crippen LogP contribution >= 0.6 is 7.82 Å². The number of aliphatic hydroxyl groups excluding tert-OH is 5. The van der Waals surface area contributed by atoms with Gasteiger partial charge in [0.15, 0.2) is 0 Å². The maximum atomic E-state index is 12.8. The highest BCUT2D eigenvalue weighted by atomic mass is 31.2. The van der Waals surface area contributed by atoms with Crippen LogP contribution in [0.4, 0.5) is 0 Å². The lowest BCUT2D eigenvalue weighted by Gasteiger charge is -2.41. The van der Waals surface area contributed by atoms with Crippen molar-refractivity contribution in [3.8, 4) is 0 Å². The van der Waals surface area contributed by atoms with Crippen molar-refractivity contribution in [3.05, 3.63) is 85.1 Å². The Kier molecular flexibility index (Phi) is 37.9. The largest absolute Gasteiger partial charge is 0.472 e. The molecule has 1 saturated carbocycles. The topological polar surface area (TPSA) is 192 Å². The number of hydrogen-bond donors (Lipinski definition) is 6. The van der Waals surface area contributed by atoms with E-state index in [0.29, 0.717) is 19.4 Å². The van der Waals surface area contributed by atoms with Crippen LogP contribution in [0.3, 0.4) is 0 Å². The van der Waals surface area contributed by atoms with Crippen molar-refractivity contribution >= 4 is 13.8 Å². The summed E-state index contributed by atoms with van der Waals surface area (Å²) in [5, 5.41) is 50.2. The van der Waals surface area contributed by atoms with Crippen LogP contribution in [0.1, 0.15) is 168 Å². The molecular weight excluding hydrogens is 836 g/mol. The maximum Gasteiger partial charge on any atom is 0.472 e. The zero-order chi connectivity index (χ0) is 46.9. The number of ether oxygens (including phenoxy) is 2. The van der Waals surface area contributed by atoms with Crippen LogP contribution < -0.4 is 0 Å². The summed E-state index contributed by atoms with van der Waals surface area (Å²) >= 11 is 0. The van der Waals surface area contributed by atoms with Gasteiger partial charge >= 0.3 is 13.8 Å². The molecule has 0 spiro atoms. The van der Waals surface area contributed by atoms with Crippen molar-refractivity contribution in [2.75, 3.05) is 19.8 Å². The number of aliphatic hydroxyl groups is 5. The fourth-order valence-corrected chi connectivity index (χ4v) is 7.90. The van der Waals surface area contributed by atoms with E-state index in [1.54, 1.807) is 0 Å². The Bertz CT molecular complexity index is 1380. The van der Waals surface area contributed by atoms with Crippen molar-refractivity contribution < 1.29 is 58.3 Å². The van der Waals surface area contributed by atoms with Crippen LogP contribution in [0.5, 0.6) is 0 Å². The monoisotopic (exact) mass is 923 g/mol.